The van der Waals surface area contributed by atoms with Gasteiger partial charge in [-0.25, -0.2) is 0 Å². The normalized spacial score (nSPS) is 25.3. The number of benzene rings is 2. The maximum absolute atomic E-state index is 12.6. The molecule has 2 aromatic carbocycles. The van der Waals surface area contributed by atoms with Crippen LogP contribution in [0.15, 0.2) is 48.7 Å². The number of quaternary nitrogens is 1. The van der Waals surface area contributed by atoms with Gasteiger partial charge in [0.25, 0.3) is 5.91 Å². The molecule has 0 bridgehead atoms. The Balaban J connectivity index is 1.98. The van der Waals surface area contributed by atoms with Gasteiger partial charge in [0.2, 0.25) is 5.41 Å². The molecule has 1 amide bonds. The molecule has 0 spiro atoms. The van der Waals surface area contributed by atoms with Gasteiger partial charge in [0.1, 0.15) is 0 Å². The number of methoxy groups -OCH3 is 2. The quantitative estimate of drug-likeness (QED) is 0.802. The number of fused-ring (bicyclic) bond motifs is 3. The van der Waals surface area contributed by atoms with Crippen LogP contribution in [0.5, 0.6) is 11.5 Å². The first kappa shape index (κ1) is 19.5. The molecule has 0 aromatic heterocycles. The Hall–Kier alpha value is -3.81. The van der Waals surface area contributed by atoms with E-state index in [-0.39, 0.29) is 0 Å². The lowest BCUT2D eigenvalue weighted by Crippen LogP contribution is -3.12. The number of ether oxygens (including phenoxy) is 2. The van der Waals surface area contributed by atoms with Crippen molar-refractivity contribution >= 4 is 12.0 Å². The van der Waals surface area contributed by atoms with Gasteiger partial charge in [-0.3, -0.25) is 9.69 Å². The molecule has 7 heteroatoms. The van der Waals surface area contributed by atoms with E-state index in [9.17, 15) is 15.3 Å². The zero-order valence-corrected chi connectivity index (χ0v) is 16.6. The van der Waals surface area contributed by atoms with Crippen LogP contribution in [0.3, 0.4) is 0 Å². The number of nitrogens with one attached hydrogen (secondary N) is 1. The van der Waals surface area contributed by atoms with Gasteiger partial charge in [0.05, 0.1) is 38.5 Å². The highest BCUT2D eigenvalue weighted by Gasteiger charge is 2.67. The number of hydrogen-bond donors (Lipinski definition) is 2. The molecule has 150 valence electrons. The summed E-state index contributed by atoms with van der Waals surface area (Å²) in [5.74, 6) is -0.338. The smallest absolute Gasteiger partial charge is 0.276 e. The van der Waals surface area contributed by atoms with Crippen molar-refractivity contribution < 1.29 is 19.2 Å². The Morgan fingerprint density at radius 3 is 2.43 bits per heavy atom. The molecule has 30 heavy (non-hydrogen) atoms. The van der Waals surface area contributed by atoms with Crippen molar-refractivity contribution in [2.45, 2.75) is 18.0 Å². The van der Waals surface area contributed by atoms with E-state index in [2.05, 4.69) is 12.1 Å². The van der Waals surface area contributed by atoms with Crippen LogP contribution in [-0.2, 0) is 4.79 Å². The summed E-state index contributed by atoms with van der Waals surface area (Å²) in [4.78, 5) is 13.3. The van der Waals surface area contributed by atoms with Gasteiger partial charge < -0.3 is 15.2 Å². The summed E-state index contributed by atoms with van der Waals surface area (Å²) >= 11 is 0. The van der Waals surface area contributed by atoms with Crippen LogP contribution in [0.25, 0.3) is 6.08 Å². The fourth-order valence-corrected chi connectivity index (χ4v) is 4.94. The molecule has 3 N–H and O–H groups in total. The van der Waals surface area contributed by atoms with Crippen LogP contribution < -0.4 is 20.1 Å². The molecule has 2 aliphatic heterocycles. The maximum Gasteiger partial charge on any atom is 0.276 e. The van der Waals surface area contributed by atoms with Crippen LogP contribution in [0.4, 0.5) is 0 Å². The van der Waals surface area contributed by atoms with E-state index in [4.69, 9.17) is 15.2 Å². The first-order valence-electron chi connectivity index (χ1n) is 9.49. The standard InChI is InChI=1S/C23H20N4O3/c1-29-17-8-7-15(11-18(17)30-2)19-20(22(26)28)27-10-9-14-5-3-4-6-16(14)21(27)23(19,12-24)13-25/h3-11,19-21H,1-2H3,(H2,26,28)/p+1/t19-,20+,21+/m1/s1. The highest BCUT2D eigenvalue weighted by Crippen LogP contribution is 2.52. The SMILES string of the molecule is COc1ccc([C@@H]2[C@@H](C(N)=O)[NH+]3C=Cc4ccccc4[C@H]3C2(C#N)C#N)cc1OC. The van der Waals surface area contributed by atoms with Crippen LogP contribution in [0, 0.1) is 28.1 Å². The average molecular weight is 401 g/mol. The third kappa shape index (κ3) is 2.57. The minimum atomic E-state index is -1.50. The molecule has 4 atom stereocenters. The minimum absolute atomic E-state index is 0.457. The van der Waals surface area contributed by atoms with E-state index in [0.717, 1.165) is 11.1 Å². The third-order valence-electron chi connectivity index (χ3n) is 6.18. The molecule has 7 nitrogen and oxygen atoms in total. The minimum Gasteiger partial charge on any atom is -0.493 e. The van der Waals surface area contributed by atoms with Crippen LogP contribution in [0.1, 0.15) is 28.7 Å². The molecule has 4 rings (SSSR count). The van der Waals surface area contributed by atoms with E-state index in [1.165, 1.54) is 14.2 Å². The zero-order chi connectivity index (χ0) is 21.5. The summed E-state index contributed by atoms with van der Waals surface area (Å²) in [6.07, 6.45) is 3.75. The number of hydrogen-bond acceptors (Lipinski definition) is 5. The predicted octanol–water partition coefficient (Wildman–Crippen LogP) is 1.30. The Kier molecular flexibility index (Phi) is 4.69. The van der Waals surface area contributed by atoms with Crippen molar-refractivity contribution in [3.8, 4) is 23.6 Å². The summed E-state index contributed by atoms with van der Waals surface area (Å²) < 4.78 is 10.7. The zero-order valence-electron chi connectivity index (χ0n) is 16.6. The average Bonchev–Trinajstić information content (AvgIpc) is 3.09. The van der Waals surface area contributed by atoms with Gasteiger partial charge in [-0.15, -0.1) is 0 Å². The molecule has 0 aliphatic carbocycles. The van der Waals surface area contributed by atoms with Crippen molar-refractivity contribution in [3.05, 3.63) is 65.4 Å². The molecule has 1 unspecified atom stereocenters. The molecule has 2 aliphatic rings. The lowest BCUT2D eigenvalue weighted by molar-refractivity contribution is -0.885. The maximum atomic E-state index is 12.6. The summed E-state index contributed by atoms with van der Waals surface area (Å²) in [5.41, 5.74) is 6.75. The summed E-state index contributed by atoms with van der Waals surface area (Å²) in [5, 5.41) is 20.6. The number of nitriles is 2. The van der Waals surface area contributed by atoms with Crippen molar-refractivity contribution in [3.63, 3.8) is 0 Å². The van der Waals surface area contributed by atoms with E-state index < -0.39 is 29.3 Å². The number of amides is 1. The fourth-order valence-electron chi connectivity index (χ4n) is 4.94. The highest BCUT2D eigenvalue weighted by molar-refractivity contribution is 5.81. The van der Waals surface area contributed by atoms with Gasteiger partial charge in [0, 0.05) is 5.56 Å². The Morgan fingerprint density at radius 2 is 1.80 bits per heavy atom. The Bertz CT molecular complexity index is 1110. The van der Waals surface area contributed by atoms with Gasteiger partial charge >= 0.3 is 0 Å². The van der Waals surface area contributed by atoms with Gasteiger partial charge in [-0.2, -0.15) is 10.5 Å². The number of primary amides is 1. The molecule has 0 saturated carbocycles. The second-order valence-corrected chi connectivity index (χ2v) is 7.46. The van der Waals surface area contributed by atoms with Crippen LogP contribution in [-0.4, -0.2) is 26.2 Å². The van der Waals surface area contributed by atoms with Crippen molar-refractivity contribution in [1.82, 2.24) is 0 Å². The molecule has 0 radical (unpaired) electrons. The van der Waals surface area contributed by atoms with E-state index in [1.54, 1.807) is 18.2 Å². The second kappa shape index (κ2) is 7.22. The fraction of sp³-hybridized carbons (Fsp3) is 0.261. The number of carbonyl (C=O) groups is 1. The Labute approximate surface area is 174 Å². The second-order valence-electron chi connectivity index (χ2n) is 7.46. The Morgan fingerprint density at radius 1 is 1.10 bits per heavy atom. The van der Waals surface area contributed by atoms with Gasteiger partial charge in [-0.1, -0.05) is 30.3 Å². The molecule has 1 fully saturated rings. The largest absolute Gasteiger partial charge is 0.493 e. The number of nitrogens with two attached hydrogens (primary N) is 1. The lowest BCUT2D eigenvalue weighted by atomic mass is 9.68. The first-order chi connectivity index (χ1) is 14.5. The number of nitrogens with zero attached hydrogens (tertiary/aromatic N) is 2. The highest BCUT2D eigenvalue weighted by atomic mass is 16.5. The molecular formula is C23H21N4O3+. The van der Waals surface area contributed by atoms with Crippen LogP contribution in [0.2, 0.25) is 0 Å². The van der Waals surface area contributed by atoms with Crippen molar-refractivity contribution in [2.24, 2.45) is 11.1 Å². The van der Waals surface area contributed by atoms with Crippen molar-refractivity contribution in [1.29, 1.82) is 10.5 Å². The van der Waals surface area contributed by atoms with Crippen LogP contribution >= 0.6 is 0 Å². The predicted molar refractivity (Wildman–Crippen MR) is 108 cm³/mol. The molecule has 2 heterocycles. The molecule has 1 saturated heterocycles. The third-order valence-corrected chi connectivity index (χ3v) is 6.18. The molecular weight excluding hydrogens is 380 g/mol. The van der Waals surface area contributed by atoms with E-state index >= 15 is 0 Å². The number of carbonyl (C=O) groups excluding carboxylic acids is 1. The van der Waals surface area contributed by atoms with Crippen molar-refractivity contribution in [2.75, 3.05) is 14.2 Å². The van der Waals surface area contributed by atoms with Gasteiger partial charge in [-0.05, 0) is 29.3 Å². The summed E-state index contributed by atoms with van der Waals surface area (Å²) in [6, 6.07) is 16.0. The summed E-state index contributed by atoms with van der Waals surface area (Å²) in [7, 11) is 3.04. The monoisotopic (exact) mass is 401 g/mol. The lowest BCUT2D eigenvalue weighted by Gasteiger charge is -2.29. The first-order valence-corrected chi connectivity index (χ1v) is 9.49. The summed E-state index contributed by atoms with van der Waals surface area (Å²) in [6.45, 7) is 0. The van der Waals surface area contributed by atoms with E-state index in [1.807, 2.05) is 36.5 Å². The topological polar surface area (TPSA) is 114 Å². The van der Waals surface area contributed by atoms with Gasteiger partial charge in [0.15, 0.2) is 23.6 Å². The number of rotatable bonds is 4. The van der Waals surface area contributed by atoms with E-state index in [0.29, 0.717) is 22.0 Å². The molecule has 2 aromatic rings.